The van der Waals surface area contributed by atoms with Crippen LogP contribution in [0.2, 0.25) is 0 Å². The van der Waals surface area contributed by atoms with E-state index in [9.17, 15) is 19.0 Å². The minimum absolute atomic E-state index is 0.102. The Morgan fingerprint density at radius 1 is 1.05 bits per heavy atom. The third kappa shape index (κ3) is 2.44. The number of ether oxygens (including phenoxy) is 1. The van der Waals surface area contributed by atoms with Crippen molar-refractivity contribution in [2.75, 3.05) is 0 Å². The predicted molar refractivity (Wildman–Crippen MR) is 73.8 cm³/mol. The van der Waals surface area contributed by atoms with E-state index in [0.29, 0.717) is 0 Å². The fourth-order valence-corrected chi connectivity index (χ4v) is 1.95. The van der Waals surface area contributed by atoms with Gasteiger partial charge >= 0.3 is 0 Å². The molecule has 5 nitrogen and oxygen atoms in total. The maximum absolute atomic E-state index is 13.6. The van der Waals surface area contributed by atoms with Gasteiger partial charge in [-0.3, -0.25) is 5.10 Å². The van der Waals surface area contributed by atoms with Crippen molar-refractivity contribution < 1.29 is 23.7 Å². The van der Waals surface area contributed by atoms with E-state index in [0.717, 1.165) is 12.1 Å². The van der Waals surface area contributed by atoms with E-state index in [-0.39, 0.29) is 34.3 Å². The molecule has 1 aromatic heterocycles. The van der Waals surface area contributed by atoms with Crippen LogP contribution in [-0.2, 0) is 0 Å². The van der Waals surface area contributed by atoms with Crippen molar-refractivity contribution in [2.45, 2.75) is 0 Å². The molecule has 3 N–H and O–H groups in total. The Bertz CT molecular complexity index is 833. The zero-order chi connectivity index (χ0) is 15.7. The molecule has 0 atom stereocenters. The smallest absolute Gasteiger partial charge is 0.201 e. The molecule has 3 rings (SSSR count). The monoisotopic (exact) mass is 304 g/mol. The largest absolute Gasteiger partial charge is 0.508 e. The van der Waals surface area contributed by atoms with E-state index in [1.165, 1.54) is 30.5 Å². The molecule has 1 heterocycles. The average Bonchev–Trinajstić information content (AvgIpc) is 2.92. The van der Waals surface area contributed by atoms with Crippen LogP contribution in [0.3, 0.4) is 0 Å². The number of aromatic nitrogens is 2. The van der Waals surface area contributed by atoms with Crippen LogP contribution < -0.4 is 4.74 Å². The summed E-state index contributed by atoms with van der Waals surface area (Å²) in [6.45, 7) is 0. The van der Waals surface area contributed by atoms with Crippen LogP contribution in [0, 0.1) is 11.6 Å². The highest BCUT2D eigenvalue weighted by Gasteiger charge is 2.17. The molecule has 0 fully saturated rings. The molecule has 3 aromatic rings. The molecular formula is C15H10F2N2O3. The number of aromatic hydroxyl groups is 2. The van der Waals surface area contributed by atoms with E-state index in [1.807, 2.05) is 0 Å². The molecular weight excluding hydrogens is 294 g/mol. The van der Waals surface area contributed by atoms with Gasteiger partial charge in [-0.15, -0.1) is 0 Å². The lowest BCUT2D eigenvalue weighted by atomic mass is 10.1. The van der Waals surface area contributed by atoms with Gasteiger partial charge in [0.25, 0.3) is 0 Å². The fraction of sp³-hybridized carbons (Fsp3) is 0. The van der Waals surface area contributed by atoms with Crippen molar-refractivity contribution in [3.8, 4) is 34.3 Å². The minimum Gasteiger partial charge on any atom is -0.508 e. The van der Waals surface area contributed by atoms with Gasteiger partial charge in [0.1, 0.15) is 17.2 Å². The van der Waals surface area contributed by atoms with E-state index >= 15 is 0 Å². The first-order valence-electron chi connectivity index (χ1n) is 6.24. The predicted octanol–water partition coefficient (Wildman–Crippen LogP) is 3.56. The Morgan fingerprint density at radius 3 is 2.64 bits per heavy atom. The summed E-state index contributed by atoms with van der Waals surface area (Å²) < 4.78 is 32.2. The number of aromatic amines is 1. The maximum atomic E-state index is 13.6. The summed E-state index contributed by atoms with van der Waals surface area (Å²) in [7, 11) is 0. The quantitative estimate of drug-likeness (QED) is 0.691. The maximum Gasteiger partial charge on any atom is 0.201 e. The topological polar surface area (TPSA) is 78.4 Å². The second-order valence-corrected chi connectivity index (χ2v) is 4.45. The Labute approximate surface area is 123 Å². The van der Waals surface area contributed by atoms with Crippen LogP contribution in [-0.4, -0.2) is 20.4 Å². The lowest BCUT2D eigenvalue weighted by Gasteiger charge is -2.08. The van der Waals surface area contributed by atoms with Gasteiger partial charge in [0, 0.05) is 11.6 Å². The molecule has 0 bridgehead atoms. The average molecular weight is 304 g/mol. The molecule has 0 aliphatic heterocycles. The van der Waals surface area contributed by atoms with Gasteiger partial charge in [-0.25, -0.2) is 4.39 Å². The Balaban J connectivity index is 2.01. The zero-order valence-corrected chi connectivity index (χ0v) is 11.0. The van der Waals surface area contributed by atoms with Crippen LogP contribution in [0.25, 0.3) is 11.3 Å². The second kappa shape index (κ2) is 5.36. The first-order chi connectivity index (χ1) is 10.6. The first-order valence-corrected chi connectivity index (χ1v) is 6.24. The summed E-state index contributed by atoms with van der Waals surface area (Å²) in [5.41, 5.74) is 0.465. The first kappa shape index (κ1) is 13.9. The molecule has 0 radical (unpaired) electrons. The van der Waals surface area contributed by atoms with Crippen molar-refractivity contribution in [3.63, 3.8) is 0 Å². The number of phenols is 2. The number of hydrogen-bond donors (Lipinski definition) is 3. The SMILES string of the molecule is Oc1ccc(-c2n[nH]cc2Oc2cccc(F)c2F)c(O)c1. The molecule has 0 unspecified atom stereocenters. The van der Waals surface area contributed by atoms with Gasteiger partial charge in [0.05, 0.1) is 6.20 Å². The lowest BCUT2D eigenvalue weighted by Crippen LogP contribution is -1.92. The van der Waals surface area contributed by atoms with Crippen molar-refractivity contribution in [2.24, 2.45) is 0 Å². The van der Waals surface area contributed by atoms with Crippen LogP contribution in [0.5, 0.6) is 23.0 Å². The van der Waals surface area contributed by atoms with E-state index in [2.05, 4.69) is 10.2 Å². The summed E-state index contributed by atoms with van der Waals surface area (Å²) in [5.74, 6) is -2.70. The van der Waals surface area contributed by atoms with Gasteiger partial charge in [-0.1, -0.05) is 6.07 Å². The van der Waals surface area contributed by atoms with Crippen LogP contribution in [0.15, 0.2) is 42.6 Å². The normalized spacial score (nSPS) is 10.6. The van der Waals surface area contributed by atoms with E-state index in [1.54, 1.807) is 0 Å². The third-order valence-electron chi connectivity index (χ3n) is 2.98. The number of nitrogens with one attached hydrogen (secondary N) is 1. The lowest BCUT2D eigenvalue weighted by molar-refractivity contribution is 0.416. The number of benzene rings is 2. The van der Waals surface area contributed by atoms with Gasteiger partial charge in [-0.05, 0) is 24.3 Å². The van der Waals surface area contributed by atoms with Gasteiger partial charge in [0.15, 0.2) is 17.3 Å². The van der Waals surface area contributed by atoms with Gasteiger partial charge < -0.3 is 14.9 Å². The number of rotatable bonds is 3. The van der Waals surface area contributed by atoms with E-state index < -0.39 is 11.6 Å². The number of hydrogen-bond acceptors (Lipinski definition) is 4. The third-order valence-corrected chi connectivity index (χ3v) is 2.98. The molecule has 112 valence electrons. The highest BCUT2D eigenvalue weighted by Crippen LogP contribution is 2.38. The number of halogens is 2. The minimum atomic E-state index is -1.12. The molecule has 7 heteroatoms. The van der Waals surface area contributed by atoms with Crippen LogP contribution in [0.4, 0.5) is 8.78 Å². The molecule has 0 aliphatic rings. The van der Waals surface area contributed by atoms with Crippen LogP contribution in [0.1, 0.15) is 0 Å². The summed E-state index contributed by atoms with van der Waals surface area (Å²) in [4.78, 5) is 0. The number of phenolic OH excluding ortho intramolecular Hbond substituents is 2. The van der Waals surface area contributed by atoms with Crippen molar-refractivity contribution in [1.29, 1.82) is 0 Å². The fourth-order valence-electron chi connectivity index (χ4n) is 1.95. The Morgan fingerprint density at radius 2 is 1.86 bits per heavy atom. The summed E-state index contributed by atoms with van der Waals surface area (Å²) >= 11 is 0. The van der Waals surface area contributed by atoms with Crippen molar-refractivity contribution >= 4 is 0 Å². The molecule has 0 amide bonds. The summed E-state index contributed by atoms with van der Waals surface area (Å²) in [6, 6.07) is 7.48. The van der Waals surface area contributed by atoms with Crippen molar-refractivity contribution in [1.82, 2.24) is 10.2 Å². The molecule has 0 aliphatic carbocycles. The van der Waals surface area contributed by atoms with Gasteiger partial charge in [-0.2, -0.15) is 9.49 Å². The summed E-state index contributed by atoms with van der Waals surface area (Å²) in [5, 5.41) is 25.6. The van der Waals surface area contributed by atoms with Crippen molar-refractivity contribution in [3.05, 3.63) is 54.2 Å². The highest BCUT2D eigenvalue weighted by molar-refractivity contribution is 5.72. The molecule has 0 saturated heterocycles. The molecule has 0 spiro atoms. The van der Waals surface area contributed by atoms with E-state index in [4.69, 9.17) is 4.74 Å². The Hall–Kier alpha value is -3.09. The number of H-pyrrole nitrogens is 1. The standard InChI is InChI=1S/C15H10F2N2O3/c16-10-2-1-3-12(14(10)17)22-13-7-18-19-15(13)9-5-4-8(20)6-11(9)21/h1-7,20-21H,(H,18,19). The molecule has 0 saturated carbocycles. The summed E-state index contributed by atoms with van der Waals surface area (Å²) in [6.07, 6.45) is 1.34. The van der Waals surface area contributed by atoms with Crippen LogP contribution >= 0.6 is 0 Å². The zero-order valence-electron chi connectivity index (χ0n) is 11.0. The van der Waals surface area contributed by atoms with Gasteiger partial charge in [0.2, 0.25) is 5.82 Å². The number of nitrogens with zero attached hydrogens (tertiary/aromatic N) is 1. The second-order valence-electron chi connectivity index (χ2n) is 4.45. The Kier molecular flexibility index (Phi) is 3.38. The molecule has 22 heavy (non-hydrogen) atoms. The highest BCUT2D eigenvalue weighted by atomic mass is 19.2. The molecule has 2 aromatic carbocycles.